The number of carboxylic acids is 1. The van der Waals surface area contributed by atoms with Gasteiger partial charge in [-0.2, -0.15) is 0 Å². The normalized spacial score (nSPS) is 13.5. The van der Waals surface area contributed by atoms with Crippen LogP contribution in [0, 0.1) is 0 Å². The molecular formula is C23H40N4O4. The Morgan fingerprint density at radius 2 is 2.03 bits per heavy atom. The van der Waals surface area contributed by atoms with Gasteiger partial charge >= 0.3 is 5.97 Å². The molecule has 176 valence electrons. The van der Waals surface area contributed by atoms with E-state index in [0.717, 1.165) is 63.3 Å². The number of rotatable bonds is 13. The van der Waals surface area contributed by atoms with Crippen LogP contribution in [-0.4, -0.2) is 72.8 Å². The van der Waals surface area contributed by atoms with Crippen LogP contribution >= 0.6 is 0 Å². The van der Waals surface area contributed by atoms with E-state index in [0.29, 0.717) is 19.6 Å². The van der Waals surface area contributed by atoms with Gasteiger partial charge in [0.05, 0.1) is 6.61 Å². The van der Waals surface area contributed by atoms with Crippen LogP contribution in [0.5, 0.6) is 0 Å². The Balaban J connectivity index is 0.00000233. The lowest BCUT2D eigenvalue weighted by atomic mass is 10.1. The predicted octanol–water partition coefficient (Wildman–Crippen LogP) is 2.72. The number of nitrogens with zero attached hydrogens (tertiary/aromatic N) is 2. The van der Waals surface area contributed by atoms with Crippen molar-refractivity contribution in [2.75, 3.05) is 45.2 Å². The number of nitrogens with one attached hydrogen (secondary N) is 2. The number of fused-ring (bicyclic) bond motifs is 1. The van der Waals surface area contributed by atoms with E-state index in [1.165, 1.54) is 12.5 Å². The fraction of sp³-hybridized carbons (Fsp3) is 0.696. The highest BCUT2D eigenvalue weighted by Gasteiger charge is 2.19. The fourth-order valence-corrected chi connectivity index (χ4v) is 3.52. The van der Waals surface area contributed by atoms with Gasteiger partial charge in [0, 0.05) is 39.4 Å². The summed E-state index contributed by atoms with van der Waals surface area (Å²) in [5.74, 6) is -0.292. The SMILES string of the molecule is CC.COCCN(CCCCc1ccc2c(n1)NCCC2)CCC(NC(C)=O)C(=O)O. The van der Waals surface area contributed by atoms with Crippen molar-refractivity contribution in [3.05, 3.63) is 23.4 Å². The summed E-state index contributed by atoms with van der Waals surface area (Å²) in [6.45, 7) is 9.12. The molecule has 1 unspecified atom stereocenters. The van der Waals surface area contributed by atoms with Crippen LogP contribution in [0.25, 0.3) is 0 Å². The lowest BCUT2D eigenvalue weighted by molar-refractivity contribution is -0.141. The van der Waals surface area contributed by atoms with Gasteiger partial charge in [0.2, 0.25) is 5.91 Å². The van der Waals surface area contributed by atoms with Crippen molar-refractivity contribution in [1.29, 1.82) is 0 Å². The molecule has 1 aromatic heterocycles. The maximum absolute atomic E-state index is 11.3. The van der Waals surface area contributed by atoms with Crippen molar-refractivity contribution < 1.29 is 19.4 Å². The molecule has 1 aromatic rings. The number of hydrogen-bond donors (Lipinski definition) is 3. The molecule has 1 amide bonds. The largest absolute Gasteiger partial charge is 0.480 e. The number of carboxylic acid groups (broad SMARTS) is 1. The van der Waals surface area contributed by atoms with Gasteiger partial charge in [-0.3, -0.25) is 4.79 Å². The summed E-state index contributed by atoms with van der Waals surface area (Å²) in [5.41, 5.74) is 2.41. The molecule has 1 aliphatic rings. The Morgan fingerprint density at radius 1 is 1.26 bits per heavy atom. The average molecular weight is 437 g/mol. The standard InChI is InChI=1S/C21H34N4O4.C2H6/c1-16(26)23-19(21(27)28)10-13-25(14-15-29-2)12-4-3-7-18-9-8-17-6-5-11-22-20(17)24-18;1-2/h8-9,19H,3-7,10-15H2,1-2H3,(H,22,24)(H,23,26)(H,27,28);1-2H3. The van der Waals surface area contributed by atoms with Crippen LogP contribution in [0.2, 0.25) is 0 Å². The summed E-state index contributed by atoms with van der Waals surface area (Å²) in [7, 11) is 1.66. The Bertz CT molecular complexity index is 669. The van der Waals surface area contributed by atoms with E-state index in [2.05, 4.69) is 27.7 Å². The third-order valence-electron chi connectivity index (χ3n) is 5.13. The number of hydrogen-bond acceptors (Lipinski definition) is 6. The van der Waals surface area contributed by atoms with Crippen LogP contribution in [0.4, 0.5) is 5.82 Å². The minimum Gasteiger partial charge on any atom is -0.480 e. The number of aliphatic carboxylic acids is 1. The maximum Gasteiger partial charge on any atom is 0.326 e. The number of unbranched alkanes of at least 4 members (excludes halogenated alkanes) is 1. The summed E-state index contributed by atoms with van der Waals surface area (Å²) in [4.78, 5) is 29.4. The van der Waals surface area contributed by atoms with Crippen LogP contribution in [-0.2, 0) is 27.2 Å². The Hall–Kier alpha value is -2.19. The second-order valence-corrected chi connectivity index (χ2v) is 7.51. The molecule has 1 aliphatic heterocycles. The highest BCUT2D eigenvalue weighted by atomic mass is 16.5. The van der Waals surface area contributed by atoms with Gasteiger partial charge in [0.15, 0.2) is 0 Å². The highest BCUT2D eigenvalue weighted by molar-refractivity contribution is 5.82. The first-order valence-corrected chi connectivity index (χ1v) is 11.4. The number of ether oxygens (including phenoxy) is 1. The number of pyridine rings is 1. The average Bonchev–Trinajstić information content (AvgIpc) is 2.77. The number of carbonyl (C=O) groups excluding carboxylic acids is 1. The number of aryl methyl sites for hydroxylation is 2. The van der Waals surface area contributed by atoms with Gasteiger partial charge in [0.1, 0.15) is 11.9 Å². The van der Waals surface area contributed by atoms with Crippen LogP contribution in [0.15, 0.2) is 12.1 Å². The quantitative estimate of drug-likeness (QED) is 0.409. The smallest absolute Gasteiger partial charge is 0.326 e. The second-order valence-electron chi connectivity index (χ2n) is 7.51. The number of anilines is 1. The van der Waals surface area contributed by atoms with E-state index < -0.39 is 12.0 Å². The van der Waals surface area contributed by atoms with Crippen molar-refractivity contribution in [2.24, 2.45) is 0 Å². The number of carbonyl (C=O) groups is 2. The third kappa shape index (κ3) is 10.6. The molecular weight excluding hydrogens is 396 g/mol. The molecule has 0 bridgehead atoms. The second kappa shape index (κ2) is 15.6. The van der Waals surface area contributed by atoms with Crippen molar-refractivity contribution in [3.63, 3.8) is 0 Å². The van der Waals surface area contributed by atoms with Crippen LogP contribution < -0.4 is 10.6 Å². The summed E-state index contributed by atoms with van der Waals surface area (Å²) >= 11 is 0. The van der Waals surface area contributed by atoms with Crippen LogP contribution in [0.1, 0.15) is 57.7 Å². The first kappa shape index (κ1) is 26.8. The number of methoxy groups -OCH3 is 1. The minimum absolute atomic E-state index is 0.326. The zero-order chi connectivity index (χ0) is 23.1. The number of amides is 1. The monoisotopic (exact) mass is 436 g/mol. The van der Waals surface area contributed by atoms with Gasteiger partial charge in [-0.05, 0) is 56.7 Å². The lowest BCUT2D eigenvalue weighted by Crippen LogP contribution is -2.42. The third-order valence-corrected chi connectivity index (χ3v) is 5.13. The fourth-order valence-electron chi connectivity index (χ4n) is 3.52. The molecule has 2 heterocycles. The van der Waals surface area contributed by atoms with Gasteiger partial charge in [-0.25, -0.2) is 9.78 Å². The highest BCUT2D eigenvalue weighted by Crippen LogP contribution is 2.20. The molecule has 0 spiro atoms. The molecule has 0 fully saturated rings. The lowest BCUT2D eigenvalue weighted by Gasteiger charge is -2.24. The molecule has 0 aliphatic carbocycles. The van der Waals surface area contributed by atoms with E-state index in [1.807, 2.05) is 13.8 Å². The zero-order valence-electron chi connectivity index (χ0n) is 19.6. The molecule has 31 heavy (non-hydrogen) atoms. The molecule has 0 saturated heterocycles. The molecule has 0 saturated carbocycles. The summed E-state index contributed by atoms with van der Waals surface area (Å²) in [6.07, 6.45) is 5.57. The van der Waals surface area contributed by atoms with E-state index in [-0.39, 0.29) is 5.91 Å². The summed E-state index contributed by atoms with van der Waals surface area (Å²) in [5, 5.41) is 15.1. The van der Waals surface area contributed by atoms with E-state index in [9.17, 15) is 14.7 Å². The number of aromatic nitrogens is 1. The van der Waals surface area contributed by atoms with Gasteiger partial charge in [0.25, 0.3) is 0 Å². The molecule has 2 rings (SSSR count). The molecule has 1 atom stereocenters. The molecule has 0 aromatic carbocycles. The van der Waals surface area contributed by atoms with Crippen molar-refractivity contribution in [3.8, 4) is 0 Å². The van der Waals surface area contributed by atoms with Gasteiger partial charge in [-0.1, -0.05) is 19.9 Å². The topological polar surface area (TPSA) is 104 Å². The van der Waals surface area contributed by atoms with Crippen molar-refractivity contribution >= 4 is 17.7 Å². The Kier molecular flexibility index (Phi) is 13.5. The first-order valence-electron chi connectivity index (χ1n) is 11.4. The molecule has 3 N–H and O–H groups in total. The van der Waals surface area contributed by atoms with Gasteiger partial charge < -0.3 is 25.4 Å². The minimum atomic E-state index is -1.00. The molecule has 8 nitrogen and oxygen atoms in total. The Labute approximate surface area is 186 Å². The first-order chi connectivity index (χ1) is 15.0. The summed E-state index contributed by atoms with van der Waals surface area (Å²) in [6, 6.07) is 3.45. The molecule has 0 radical (unpaired) electrons. The molecule has 8 heteroatoms. The maximum atomic E-state index is 11.3. The van der Waals surface area contributed by atoms with E-state index in [1.54, 1.807) is 7.11 Å². The summed E-state index contributed by atoms with van der Waals surface area (Å²) < 4.78 is 5.17. The zero-order valence-corrected chi connectivity index (χ0v) is 19.6. The van der Waals surface area contributed by atoms with Crippen LogP contribution in [0.3, 0.4) is 0 Å². The van der Waals surface area contributed by atoms with Crippen molar-refractivity contribution in [1.82, 2.24) is 15.2 Å². The Morgan fingerprint density at radius 3 is 2.71 bits per heavy atom. The van der Waals surface area contributed by atoms with E-state index in [4.69, 9.17) is 9.72 Å². The predicted molar refractivity (Wildman–Crippen MR) is 124 cm³/mol. The van der Waals surface area contributed by atoms with Gasteiger partial charge in [-0.15, -0.1) is 0 Å². The van der Waals surface area contributed by atoms with E-state index >= 15 is 0 Å². The van der Waals surface area contributed by atoms with Crippen molar-refractivity contribution in [2.45, 2.75) is 65.3 Å².